The lowest BCUT2D eigenvalue weighted by Crippen LogP contribution is -2.53. The first-order valence-corrected chi connectivity index (χ1v) is 17.4. The van der Waals surface area contributed by atoms with E-state index in [0.29, 0.717) is 12.2 Å². The molecule has 4 aromatic rings. The lowest BCUT2D eigenvalue weighted by molar-refractivity contribution is -0.140. The van der Waals surface area contributed by atoms with Crippen molar-refractivity contribution in [3.05, 3.63) is 131 Å². The van der Waals surface area contributed by atoms with Gasteiger partial charge in [0.05, 0.1) is 10.6 Å². The summed E-state index contributed by atoms with van der Waals surface area (Å²) in [6, 6.07) is 31.9. The Balaban J connectivity index is 1.79. The summed E-state index contributed by atoms with van der Waals surface area (Å²) in [6.07, 6.45) is 2.01. The van der Waals surface area contributed by atoms with E-state index in [4.69, 9.17) is 0 Å². The zero-order valence-corrected chi connectivity index (χ0v) is 28.0. The topological polar surface area (TPSA) is 86.8 Å². The number of nitrogens with one attached hydrogen (secondary N) is 1. The predicted octanol–water partition coefficient (Wildman–Crippen LogP) is 6.87. The molecule has 0 radical (unpaired) electrons. The summed E-state index contributed by atoms with van der Waals surface area (Å²) in [6.45, 7) is 8.32. The van der Waals surface area contributed by atoms with E-state index in [-0.39, 0.29) is 29.7 Å². The Labute approximate surface area is 274 Å². The number of carbonyl (C=O) groups excluding carboxylic acids is 2. The van der Waals surface area contributed by atoms with Crippen LogP contribution in [-0.4, -0.2) is 44.3 Å². The minimum Gasteiger partial charge on any atom is -0.354 e. The fraction of sp³-hybridized carbons (Fsp3) is 0.316. The van der Waals surface area contributed by atoms with E-state index < -0.39 is 28.5 Å². The number of nitrogens with zero attached hydrogens (tertiary/aromatic N) is 2. The molecule has 242 valence electrons. The maximum absolute atomic E-state index is 14.6. The third-order valence-electron chi connectivity index (χ3n) is 7.99. The largest absolute Gasteiger partial charge is 0.354 e. The molecule has 4 rings (SSSR count). The van der Waals surface area contributed by atoms with E-state index >= 15 is 0 Å². The summed E-state index contributed by atoms with van der Waals surface area (Å²) < 4.78 is 29.5. The van der Waals surface area contributed by atoms with Crippen LogP contribution in [-0.2, 0) is 32.6 Å². The predicted molar refractivity (Wildman–Crippen MR) is 185 cm³/mol. The van der Waals surface area contributed by atoms with Crippen LogP contribution in [0.25, 0.3) is 0 Å². The van der Waals surface area contributed by atoms with E-state index in [9.17, 15) is 18.0 Å². The van der Waals surface area contributed by atoms with Crippen LogP contribution in [0.3, 0.4) is 0 Å². The van der Waals surface area contributed by atoms with E-state index in [1.807, 2.05) is 73.7 Å². The van der Waals surface area contributed by atoms with Crippen LogP contribution >= 0.6 is 0 Å². The van der Waals surface area contributed by atoms with Crippen LogP contribution in [0.2, 0.25) is 0 Å². The molecule has 4 aromatic carbocycles. The van der Waals surface area contributed by atoms with Crippen molar-refractivity contribution in [1.82, 2.24) is 10.2 Å². The summed E-state index contributed by atoms with van der Waals surface area (Å²) >= 11 is 0. The van der Waals surface area contributed by atoms with E-state index in [0.717, 1.165) is 39.4 Å². The summed E-state index contributed by atoms with van der Waals surface area (Å²) in [5.74, 6) is -0.484. The van der Waals surface area contributed by atoms with Crippen molar-refractivity contribution < 1.29 is 18.0 Å². The van der Waals surface area contributed by atoms with Gasteiger partial charge in [-0.15, -0.1) is 0 Å². The van der Waals surface area contributed by atoms with Crippen molar-refractivity contribution in [3.8, 4) is 0 Å². The molecule has 0 saturated carbocycles. The molecule has 8 heteroatoms. The molecule has 7 nitrogen and oxygen atoms in total. The van der Waals surface area contributed by atoms with Gasteiger partial charge in [-0.3, -0.25) is 13.9 Å². The smallest absolute Gasteiger partial charge is 0.264 e. The third kappa shape index (κ3) is 9.07. The van der Waals surface area contributed by atoms with Gasteiger partial charge in [0, 0.05) is 19.5 Å². The first kappa shape index (κ1) is 34.4. The Bertz CT molecular complexity index is 1670. The summed E-state index contributed by atoms with van der Waals surface area (Å²) in [5.41, 5.74) is 4.21. The second-order valence-electron chi connectivity index (χ2n) is 11.9. The van der Waals surface area contributed by atoms with Crippen LogP contribution in [0.15, 0.2) is 114 Å². The Kier molecular flexibility index (Phi) is 12.1. The SMILES string of the molecule is CCCCNC(=O)[C@@H](Cc1ccccc1)N(Cc1cccc(C)c1)C(=O)CN(c1ccc(C(C)C)cc1)S(=O)(=O)c1ccccc1. The molecule has 1 N–H and O–H groups in total. The molecule has 0 bridgehead atoms. The molecule has 2 amide bonds. The molecule has 46 heavy (non-hydrogen) atoms. The van der Waals surface area contributed by atoms with Crippen molar-refractivity contribution in [2.24, 2.45) is 0 Å². The Hall–Kier alpha value is -4.43. The van der Waals surface area contributed by atoms with Crippen molar-refractivity contribution in [1.29, 1.82) is 0 Å². The van der Waals surface area contributed by atoms with Gasteiger partial charge in [-0.2, -0.15) is 0 Å². The second kappa shape index (κ2) is 16.2. The molecule has 0 fully saturated rings. The van der Waals surface area contributed by atoms with Crippen LogP contribution in [0, 0.1) is 6.92 Å². The van der Waals surface area contributed by atoms with Gasteiger partial charge in [0.1, 0.15) is 12.6 Å². The van der Waals surface area contributed by atoms with E-state index in [2.05, 4.69) is 26.1 Å². The fourth-order valence-corrected chi connectivity index (χ4v) is 6.78. The van der Waals surface area contributed by atoms with Gasteiger partial charge >= 0.3 is 0 Å². The van der Waals surface area contributed by atoms with Gasteiger partial charge in [0.2, 0.25) is 11.8 Å². The molecule has 0 aromatic heterocycles. The number of unbranched alkanes of at least 4 members (excludes halogenated alkanes) is 1. The Morgan fingerprint density at radius 2 is 1.43 bits per heavy atom. The van der Waals surface area contributed by atoms with Gasteiger partial charge in [-0.1, -0.05) is 118 Å². The lowest BCUT2D eigenvalue weighted by Gasteiger charge is -2.34. The first-order chi connectivity index (χ1) is 22.1. The molecule has 0 unspecified atom stereocenters. The van der Waals surface area contributed by atoms with Gasteiger partial charge in [0.25, 0.3) is 10.0 Å². The molecule has 1 atom stereocenters. The number of rotatable bonds is 15. The Morgan fingerprint density at radius 3 is 2.04 bits per heavy atom. The van der Waals surface area contributed by atoms with Crippen molar-refractivity contribution in [2.45, 2.75) is 70.4 Å². The number of benzene rings is 4. The molecule has 0 saturated heterocycles. The number of hydrogen-bond acceptors (Lipinski definition) is 4. The quantitative estimate of drug-likeness (QED) is 0.144. The van der Waals surface area contributed by atoms with E-state index in [1.165, 1.54) is 12.1 Å². The molecule has 0 heterocycles. The molecule has 0 aliphatic carbocycles. The lowest BCUT2D eigenvalue weighted by atomic mass is 10.0. The maximum atomic E-state index is 14.6. The summed E-state index contributed by atoms with van der Waals surface area (Å²) in [4.78, 5) is 30.1. The molecular formula is C38H45N3O4S. The van der Waals surface area contributed by atoms with E-state index in [1.54, 1.807) is 35.2 Å². The highest BCUT2D eigenvalue weighted by molar-refractivity contribution is 7.92. The van der Waals surface area contributed by atoms with Gasteiger partial charge < -0.3 is 10.2 Å². The fourth-order valence-electron chi connectivity index (χ4n) is 5.34. The average Bonchev–Trinajstić information content (AvgIpc) is 3.06. The highest BCUT2D eigenvalue weighted by Crippen LogP contribution is 2.27. The molecule has 0 spiro atoms. The highest BCUT2D eigenvalue weighted by atomic mass is 32.2. The number of amides is 2. The minimum atomic E-state index is -4.13. The highest BCUT2D eigenvalue weighted by Gasteiger charge is 2.34. The standard InChI is InChI=1S/C38H45N3O4S/c1-5-6-24-39-38(43)36(26-31-15-9-7-10-16-31)40(27-32-17-13-14-30(4)25-32)37(42)28-41(34-22-20-33(21-23-34)29(2)3)46(44,45)35-18-11-8-12-19-35/h7-23,25,29,36H,5-6,24,26-28H2,1-4H3,(H,39,43)/t36-/m1/s1. The Morgan fingerprint density at radius 1 is 0.804 bits per heavy atom. The molecule has 0 aliphatic rings. The number of carbonyl (C=O) groups is 2. The maximum Gasteiger partial charge on any atom is 0.264 e. The van der Waals surface area contributed by atoms with Crippen molar-refractivity contribution in [3.63, 3.8) is 0 Å². The number of aryl methyl sites for hydroxylation is 1. The minimum absolute atomic E-state index is 0.0825. The summed E-state index contributed by atoms with van der Waals surface area (Å²) in [5, 5.41) is 3.03. The van der Waals surface area contributed by atoms with Crippen LogP contribution in [0.1, 0.15) is 61.8 Å². The zero-order valence-electron chi connectivity index (χ0n) is 27.2. The van der Waals surface area contributed by atoms with Crippen LogP contribution < -0.4 is 9.62 Å². The van der Waals surface area contributed by atoms with Crippen LogP contribution in [0.4, 0.5) is 5.69 Å². The van der Waals surface area contributed by atoms with Gasteiger partial charge in [-0.05, 0) is 60.2 Å². The van der Waals surface area contributed by atoms with Gasteiger partial charge in [-0.25, -0.2) is 8.42 Å². The van der Waals surface area contributed by atoms with Crippen LogP contribution in [0.5, 0.6) is 0 Å². The first-order valence-electron chi connectivity index (χ1n) is 15.9. The number of anilines is 1. The normalized spacial score (nSPS) is 12.0. The summed E-state index contributed by atoms with van der Waals surface area (Å²) in [7, 11) is -4.13. The third-order valence-corrected chi connectivity index (χ3v) is 9.78. The molecule has 0 aliphatic heterocycles. The molecular weight excluding hydrogens is 595 g/mol. The zero-order chi connectivity index (χ0) is 33.1. The van der Waals surface area contributed by atoms with Crippen molar-refractivity contribution >= 4 is 27.5 Å². The number of sulfonamides is 1. The van der Waals surface area contributed by atoms with Gasteiger partial charge in [0.15, 0.2) is 0 Å². The average molecular weight is 640 g/mol. The second-order valence-corrected chi connectivity index (χ2v) is 13.8. The monoisotopic (exact) mass is 639 g/mol. The number of hydrogen-bond donors (Lipinski definition) is 1. The van der Waals surface area contributed by atoms with Crippen molar-refractivity contribution in [2.75, 3.05) is 17.4 Å².